The van der Waals surface area contributed by atoms with Crippen molar-refractivity contribution in [2.75, 3.05) is 24.5 Å². The first-order valence-electron chi connectivity index (χ1n) is 11.7. The maximum atomic E-state index is 13.2. The number of nitrogens with zero attached hydrogens (tertiary/aromatic N) is 3. The van der Waals surface area contributed by atoms with Crippen LogP contribution in [0.3, 0.4) is 0 Å². The number of hydrogen-bond acceptors (Lipinski definition) is 4. The number of carbonyl (C=O) groups excluding carboxylic acids is 1. The highest BCUT2D eigenvalue weighted by atomic mass is 16.3. The summed E-state index contributed by atoms with van der Waals surface area (Å²) in [5.74, 6) is 1.97. The summed E-state index contributed by atoms with van der Waals surface area (Å²) in [6.45, 7) is 5.30. The van der Waals surface area contributed by atoms with Crippen LogP contribution in [0.1, 0.15) is 73.9 Å². The van der Waals surface area contributed by atoms with Gasteiger partial charge in [0.1, 0.15) is 5.82 Å². The number of piperidine rings is 1. The highest BCUT2D eigenvalue weighted by molar-refractivity contribution is 6.04. The van der Waals surface area contributed by atoms with Gasteiger partial charge in [-0.25, -0.2) is 4.98 Å². The Bertz CT molecular complexity index is 773. The average molecular weight is 410 g/mol. The Balaban J connectivity index is 1.34. The molecule has 162 valence electrons. The summed E-state index contributed by atoms with van der Waals surface area (Å²) in [6.07, 6.45) is 15.2. The molecule has 3 heterocycles. The topological polar surface area (TPSA) is 49.6 Å². The minimum Gasteiger partial charge on any atom is -0.459 e. The number of furan rings is 1. The van der Waals surface area contributed by atoms with Crippen molar-refractivity contribution in [1.82, 2.24) is 9.88 Å². The number of rotatable bonds is 7. The van der Waals surface area contributed by atoms with E-state index in [2.05, 4.69) is 9.88 Å². The second-order valence-corrected chi connectivity index (χ2v) is 9.07. The van der Waals surface area contributed by atoms with Crippen LogP contribution in [-0.2, 0) is 0 Å². The van der Waals surface area contributed by atoms with Crippen LogP contribution in [-0.4, -0.2) is 41.5 Å². The third-order valence-electron chi connectivity index (χ3n) is 6.83. The number of carbonyl (C=O) groups is 1. The van der Waals surface area contributed by atoms with Gasteiger partial charge in [0.2, 0.25) is 0 Å². The molecule has 2 aliphatic rings. The number of amides is 1. The summed E-state index contributed by atoms with van der Waals surface area (Å²) in [5, 5.41) is 0. The zero-order valence-electron chi connectivity index (χ0n) is 18.3. The van der Waals surface area contributed by atoms with Crippen molar-refractivity contribution in [3.8, 4) is 0 Å². The van der Waals surface area contributed by atoms with Crippen LogP contribution in [0.2, 0.25) is 0 Å². The van der Waals surface area contributed by atoms with Gasteiger partial charge in [0.25, 0.3) is 5.91 Å². The highest BCUT2D eigenvalue weighted by Crippen LogP contribution is 2.28. The summed E-state index contributed by atoms with van der Waals surface area (Å²) in [5.41, 5.74) is 1.09. The highest BCUT2D eigenvalue weighted by Gasteiger charge is 2.31. The maximum absolute atomic E-state index is 13.2. The molecule has 2 aromatic rings. The summed E-state index contributed by atoms with van der Waals surface area (Å²) in [4.78, 5) is 22.2. The quantitative estimate of drug-likeness (QED) is 0.610. The molecular weight excluding hydrogens is 374 g/mol. The van der Waals surface area contributed by atoms with E-state index in [-0.39, 0.29) is 11.9 Å². The molecule has 2 aromatic heterocycles. The SMILES string of the molecule is Cc1ccc(N(C(=O)c2ccco2)C2CCN(CCCC3CCCCC3)CC2)nc1. The molecule has 5 nitrogen and oxygen atoms in total. The van der Waals surface area contributed by atoms with Crippen LogP contribution >= 0.6 is 0 Å². The van der Waals surface area contributed by atoms with Crippen LogP contribution in [0.4, 0.5) is 5.82 Å². The van der Waals surface area contributed by atoms with Crippen LogP contribution in [0, 0.1) is 12.8 Å². The second-order valence-electron chi connectivity index (χ2n) is 9.07. The molecule has 1 saturated carbocycles. The normalized spacial score (nSPS) is 19.1. The number of hydrogen-bond donors (Lipinski definition) is 0. The minimum atomic E-state index is -0.0906. The molecule has 1 saturated heterocycles. The van der Waals surface area contributed by atoms with Gasteiger partial charge in [0.05, 0.1) is 6.26 Å². The van der Waals surface area contributed by atoms with E-state index in [1.54, 1.807) is 18.4 Å². The average Bonchev–Trinajstić information content (AvgIpc) is 3.32. The fraction of sp³-hybridized carbons (Fsp3) is 0.600. The molecule has 0 bridgehead atoms. The predicted molar refractivity (Wildman–Crippen MR) is 120 cm³/mol. The van der Waals surface area contributed by atoms with Gasteiger partial charge in [-0.05, 0) is 68.8 Å². The number of likely N-dealkylation sites (tertiary alicyclic amines) is 1. The Morgan fingerprint density at radius 3 is 2.60 bits per heavy atom. The van der Waals surface area contributed by atoms with E-state index in [9.17, 15) is 4.79 Å². The van der Waals surface area contributed by atoms with Gasteiger partial charge in [-0.3, -0.25) is 9.69 Å². The van der Waals surface area contributed by atoms with Crippen LogP contribution in [0.15, 0.2) is 41.1 Å². The first-order chi connectivity index (χ1) is 14.7. The van der Waals surface area contributed by atoms with Crippen LogP contribution < -0.4 is 4.90 Å². The van der Waals surface area contributed by atoms with E-state index in [1.807, 2.05) is 30.2 Å². The monoisotopic (exact) mass is 409 g/mol. The van der Waals surface area contributed by atoms with E-state index < -0.39 is 0 Å². The molecule has 4 rings (SSSR count). The molecule has 0 spiro atoms. The molecule has 1 aliphatic carbocycles. The largest absolute Gasteiger partial charge is 0.459 e. The van der Waals surface area contributed by atoms with Gasteiger partial charge in [0.15, 0.2) is 5.76 Å². The molecule has 5 heteroatoms. The summed E-state index contributed by atoms with van der Waals surface area (Å²) < 4.78 is 5.41. The molecule has 30 heavy (non-hydrogen) atoms. The lowest BCUT2D eigenvalue weighted by molar-refractivity contribution is 0.0931. The lowest BCUT2D eigenvalue weighted by Crippen LogP contribution is -2.48. The molecule has 0 radical (unpaired) electrons. The zero-order chi connectivity index (χ0) is 20.8. The Morgan fingerprint density at radius 1 is 1.13 bits per heavy atom. The number of pyridine rings is 1. The van der Waals surface area contributed by atoms with E-state index in [0.717, 1.165) is 43.2 Å². The van der Waals surface area contributed by atoms with Crippen LogP contribution in [0.5, 0.6) is 0 Å². The fourth-order valence-electron chi connectivity index (χ4n) is 5.06. The molecular formula is C25H35N3O2. The predicted octanol–water partition coefficient (Wildman–Crippen LogP) is 5.45. The van der Waals surface area contributed by atoms with Crippen molar-refractivity contribution in [3.63, 3.8) is 0 Å². The number of aryl methyl sites for hydroxylation is 1. The molecule has 0 N–H and O–H groups in total. The maximum Gasteiger partial charge on any atom is 0.295 e. The van der Waals surface area contributed by atoms with Gasteiger partial charge >= 0.3 is 0 Å². The molecule has 1 amide bonds. The smallest absolute Gasteiger partial charge is 0.295 e. The lowest BCUT2D eigenvalue weighted by atomic mass is 9.86. The van der Waals surface area contributed by atoms with E-state index in [4.69, 9.17) is 4.42 Å². The van der Waals surface area contributed by atoms with Crippen molar-refractivity contribution in [2.24, 2.45) is 5.92 Å². The van der Waals surface area contributed by atoms with E-state index >= 15 is 0 Å². The van der Waals surface area contributed by atoms with Crippen molar-refractivity contribution in [1.29, 1.82) is 0 Å². The van der Waals surface area contributed by atoms with Crippen molar-refractivity contribution in [3.05, 3.63) is 48.0 Å². The van der Waals surface area contributed by atoms with Gasteiger partial charge in [0, 0.05) is 25.3 Å². The summed E-state index contributed by atoms with van der Waals surface area (Å²) in [6, 6.07) is 7.64. The van der Waals surface area contributed by atoms with Crippen molar-refractivity contribution < 1.29 is 9.21 Å². The summed E-state index contributed by atoms with van der Waals surface area (Å²) >= 11 is 0. The van der Waals surface area contributed by atoms with Gasteiger partial charge in [-0.2, -0.15) is 0 Å². The Kier molecular flexibility index (Phi) is 7.21. The van der Waals surface area contributed by atoms with Crippen molar-refractivity contribution in [2.45, 2.75) is 70.8 Å². The van der Waals surface area contributed by atoms with Gasteiger partial charge in [-0.1, -0.05) is 38.2 Å². The van der Waals surface area contributed by atoms with Gasteiger partial charge < -0.3 is 9.32 Å². The third kappa shape index (κ3) is 5.31. The number of aromatic nitrogens is 1. The number of anilines is 1. The van der Waals surface area contributed by atoms with Crippen molar-refractivity contribution >= 4 is 11.7 Å². The third-order valence-corrected chi connectivity index (χ3v) is 6.83. The Morgan fingerprint density at radius 2 is 1.93 bits per heavy atom. The Hall–Kier alpha value is -2.14. The summed E-state index contributed by atoms with van der Waals surface area (Å²) in [7, 11) is 0. The fourth-order valence-corrected chi connectivity index (χ4v) is 5.06. The molecule has 0 atom stereocenters. The molecule has 0 aromatic carbocycles. The minimum absolute atomic E-state index is 0.0906. The molecule has 0 unspecified atom stereocenters. The molecule has 2 fully saturated rings. The zero-order valence-corrected chi connectivity index (χ0v) is 18.3. The standard InChI is InChI=1S/C25H35N3O2/c1-20-11-12-24(26-19-20)28(25(29)23-10-6-18-30-23)22-13-16-27(17-14-22)15-5-9-21-7-3-2-4-8-21/h6,10-12,18-19,21-22H,2-5,7-9,13-17H2,1H3. The van der Waals surface area contributed by atoms with Gasteiger partial charge in [-0.15, -0.1) is 0 Å². The first-order valence-corrected chi connectivity index (χ1v) is 11.7. The Labute approximate surface area is 180 Å². The second kappa shape index (κ2) is 10.3. The van der Waals surface area contributed by atoms with Crippen LogP contribution in [0.25, 0.3) is 0 Å². The van der Waals surface area contributed by atoms with E-state index in [1.165, 1.54) is 51.5 Å². The lowest BCUT2D eigenvalue weighted by Gasteiger charge is -2.38. The first kappa shape index (κ1) is 21.1. The van der Waals surface area contributed by atoms with E-state index in [0.29, 0.717) is 5.76 Å². The molecule has 1 aliphatic heterocycles.